The van der Waals surface area contributed by atoms with Gasteiger partial charge in [0, 0.05) is 5.69 Å². The number of halogens is 1. The molecule has 0 heterocycles. The molecule has 0 aliphatic rings. The highest BCUT2D eigenvalue weighted by Gasteiger charge is 2.38. The van der Waals surface area contributed by atoms with Gasteiger partial charge in [0.05, 0.1) is 10.4 Å². The number of benzene rings is 1. The number of rotatable bonds is 5. The predicted molar refractivity (Wildman–Crippen MR) is 74.8 cm³/mol. The van der Waals surface area contributed by atoms with Crippen LogP contribution in [0.3, 0.4) is 0 Å². The molecule has 3 N–H and O–H groups in total. The Balaban J connectivity index is 2.92. The van der Waals surface area contributed by atoms with E-state index in [9.17, 15) is 9.18 Å². The molecule has 0 bridgehead atoms. The molecule has 0 aliphatic heterocycles. The summed E-state index contributed by atoms with van der Waals surface area (Å²) >= 11 is 5.00. The van der Waals surface area contributed by atoms with Crippen molar-refractivity contribution in [3.63, 3.8) is 0 Å². The summed E-state index contributed by atoms with van der Waals surface area (Å²) in [5, 5.41) is 2.72. The summed E-state index contributed by atoms with van der Waals surface area (Å²) in [6.45, 7) is 3.74. The van der Waals surface area contributed by atoms with Crippen molar-refractivity contribution in [1.29, 1.82) is 0 Å². The van der Waals surface area contributed by atoms with Crippen LogP contribution in [-0.2, 0) is 4.79 Å². The second kappa shape index (κ2) is 5.91. The third-order valence-corrected chi connectivity index (χ3v) is 3.61. The molecule has 98 valence electrons. The molecule has 1 rings (SSSR count). The van der Waals surface area contributed by atoms with Gasteiger partial charge >= 0.3 is 0 Å². The van der Waals surface area contributed by atoms with Crippen molar-refractivity contribution >= 4 is 28.8 Å². The van der Waals surface area contributed by atoms with Crippen LogP contribution in [0.4, 0.5) is 10.1 Å². The van der Waals surface area contributed by atoms with E-state index in [0.29, 0.717) is 18.5 Å². The van der Waals surface area contributed by atoms with E-state index < -0.39 is 5.41 Å². The molecule has 0 saturated carbocycles. The van der Waals surface area contributed by atoms with Crippen molar-refractivity contribution in [2.45, 2.75) is 26.7 Å². The highest BCUT2D eigenvalue weighted by molar-refractivity contribution is 7.80. The number of nitrogens with two attached hydrogens (primary N) is 1. The van der Waals surface area contributed by atoms with Crippen molar-refractivity contribution in [1.82, 2.24) is 0 Å². The standard InChI is InChI=1S/C13H17FN2OS/c1-3-13(4-2,11(15)18)12(17)16-10-7-5-9(14)6-8-10/h5-8H,3-4H2,1-2H3,(H2,15,18)(H,16,17). The van der Waals surface area contributed by atoms with Crippen molar-refractivity contribution < 1.29 is 9.18 Å². The lowest BCUT2D eigenvalue weighted by molar-refractivity contribution is -0.122. The predicted octanol–water partition coefficient (Wildman–Crippen LogP) is 2.86. The molecule has 0 radical (unpaired) electrons. The lowest BCUT2D eigenvalue weighted by Crippen LogP contribution is -2.45. The molecule has 0 spiro atoms. The van der Waals surface area contributed by atoms with E-state index in [1.165, 1.54) is 24.3 Å². The second-order valence-corrected chi connectivity index (χ2v) is 4.55. The fraction of sp³-hybridized carbons (Fsp3) is 0.385. The maximum atomic E-state index is 12.8. The summed E-state index contributed by atoms with van der Waals surface area (Å²) in [5.74, 6) is -0.591. The summed E-state index contributed by atoms with van der Waals surface area (Å²) in [4.78, 5) is 12.4. The van der Waals surface area contributed by atoms with Crippen LogP contribution in [0.15, 0.2) is 24.3 Å². The second-order valence-electron chi connectivity index (χ2n) is 4.11. The summed E-state index contributed by atoms with van der Waals surface area (Å²) in [7, 11) is 0. The van der Waals surface area contributed by atoms with Gasteiger partial charge in [-0.3, -0.25) is 4.79 Å². The summed E-state index contributed by atoms with van der Waals surface area (Å²) in [5.41, 5.74) is 5.37. The van der Waals surface area contributed by atoms with Gasteiger partial charge in [0.15, 0.2) is 0 Å². The Morgan fingerprint density at radius 3 is 2.22 bits per heavy atom. The van der Waals surface area contributed by atoms with Crippen LogP contribution in [0.5, 0.6) is 0 Å². The van der Waals surface area contributed by atoms with Gasteiger partial charge in [-0.15, -0.1) is 0 Å². The lowest BCUT2D eigenvalue weighted by atomic mass is 9.81. The van der Waals surface area contributed by atoms with E-state index >= 15 is 0 Å². The number of hydrogen-bond acceptors (Lipinski definition) is 2. The molecule has 3 nitrogen and oxygen atoms in total. The van der Waals surface area contributed by atoms with Crippen LogP contribution < -0.4 is 11.1 Å². The van der Waals surface area contributed by atoms with Crippen LogP contribution in [0.25, 0.3) is 0 Å². The van der Waals surface area contributed by atoms with Gasteiger partial charge in [-0.2, -0.15) is 0 Å². The SMILES string of the molecule is CCC(CC)(C(=O)Nc1ccc(F)cc1)C(N)=S. The maximum absolute atomic E-state index is 12.8. The monoisotopic (exact) mass is 268 g/mol. The van der Waals surface area contributed by atoms with Crippen molar-refractivity contribution in [3.8, 4) is 0 Å². The first-order valence-corrected chi connectivity index (χ1v) is 6.24. The Labute approximate surface area is 112 Å². The van der Waals surface area contributed by atoms with E-state index in [0.717, 1.165) is 0 Å². The van der Waals surface area contributed by atoms with Crippen LogP contribution in [-0.4, -0.2) is 10.9 Å². The highest BCUT2D eigenvalue weighted by atomic mass is 32.1. The zero-order chi connectivity index (χ0) is 13.8. The molecule has 18 heavy (non-hydrogen) atoms. The van der Waals surface area contributed by atoms with Gasteiger partial charge in [0.25, 0.3) is 0 Å². The van der Waals surface area contributed by atoms with Crippen LogP contribution in [0.1, 0.15) is 26.7 Å². The summed E-state index contributed by atoms with van der Waals surface area (Å²) < 4.78 is 12.8. The summed E-state index contributed by atoms with van der Waals surface area (Å²) in [6.07, 6.45) is 1.07. The number of anilines is 1. The largest absolute Gasteiger partial charge is 0.392 e. The summed E-state index contributed by atoms with van der Waals surface area (Å²) in [6, 6.07) is 5.58. The highest BCUT2D eigenvalue weighted by Crippen LogP contribution is 2.28. The number of thiocarbonyl (C=S) groups is 1. The topological polar surface area (TPSA) is 55.1 Å². The molecule has 0 atom stereocenters. The molecular weight excluding hydrogens is 251 g/mol. The minimum Gasteiger partial charge on any atom is -0.392 e. The Morgan fingerprint density at radius 1 is 1.33 bits per heavy atom. The van der Waals surface area contributed by atoms with Gasteiger partial charge in [-0.05, 0) is 37.1 Å². The molecule has 1 aromatic carbocycles. The van der Waals surface area contributed by atoms with Crippen molar-refractivity contribution in [2.75, 3.05) is 5.32 Å². The maximum Gasteiger partial charge on any atom is 0.237 e. The van der Waals surface area contributed by atoms with Crippen molar-refractivity contribution in [3.05, 3.63) is 30.1 Å². The number of amides is 1. The first-order valence-electron chi connectivity index (χ1n) is 5.83. The van der Waals surface area contributed by atoms with E-state index in [2.05, 4.69) is 5.32 Å². The molecule has 0 aromatic heterocycles. The Hall–Kier alpha value is -1.49. The van der Waals surface area contributed by atoms with Gasteiger partial charge < -0.3 is 11.1 Å². The van der Waals surface area contributed by atoms with Crippen LogP contribution in [0, 0.1) is 11.2 Å². The molecule has 0 aliphatic carbocycles. The quantitative estimate of drug-likeness (QED) is 0.807. The zero-order valence-corrected chi connectivity index (χ0v) is 11.3. The Bertz CT molecular complexity index is 441. The third-order valence-electron chi connectivity index (χ3n) is 3.22. The molecule has 1 aromatic rings. The molecule has 0 unspecified atom stereocenters. The van der Waals surface area contributed by atoms with E-state index in [-0.39, 0.29) is 16.7 Å². The molecule has 0 fully saturated rings. The Morgan fingerprint density at radius 2 is 1.83 bits per heavy atom. The molecular formula is C13H17FN2OS. The van der Waals surface area contributed by atoms with E-state index in [1.54, 1.807) is 0 Å². The van der Waals surface area contributed by atoms with Gasteiger partial charge in [-0.1, -0.05) is 26.1 Å². The zero-order valence-electron chi connectivity index (χ0n) is 10.5. The minimum absolute atomic E-state index is 0.187. The number of hydrogen-bond donors (Lipinski definition) is 2. The van der Waals surface area contributed by atoms with E-state index in [4.69, 9.17) is 18.0 Å². The normalized spacial score (nSPS) is 11.1. The fourth-order valence-electron chi connectivity index (χ4n) is 1.82. The van der Waals surface area contributed by atoms with Crippen LogP contribution in [0.2, 0.25) is 0 Å². The first kappa shape index (κ1) is 14.6. The Kier molecular flexibility index (Phi) is 4.78. The average Bonchev–Trinajstić information content (AvgIpc) is 2.34. The minimum atomic E-state index is -0.844. The van der Waals surface area contributed by atoms with Gasteiger partial charge in [-0.25, -0.2) is 4.39 Å². The fourth-order valence-corrected chi connectivity index (χ4v) is 2.20. The number of carbonyl (C=O) groups excluding carboxylic acids is 1. The smallest absolute Gasteiger partial charge is 0.237 e. The third kappa shape index (κ3) is 2.85. The number of carbonyl (C=O) groups is 1. The lowest BCUT2D eigenvalue weighted by Gasteiger charge is -2.28. The van der Waals surface area contributed by atoms with Crippen molar-refractivity contribution in [2.24, 2.45) is 11.1 Å². The molecule has 5 heteroatoms. The van der Waals surface area contributed by atoms with Crippen LogP contribution >= 0.6 is 12.2 Å². The number of nitrogens with one attached hydrogen (secondary N) is 1. The van der Waals surface area contributed by atoms with Gasteiger partial charge in [0.2, 0.25) is 5.91 Å². The van der Waals surface area contributed by atoms with Gasteiger partial charge in [0.1, 0.15) is 5.82 Å². The molecule has 0 saturated heterocycles. The van der Waals surface area contributed by atoms with E-state index in [1.807, 2.05) is 13.8 Å². The molecule has 1 amide bonds. The first-order chi connectivity index (χ1) is 8.46. The average molecular weight is 268 g/mol.